The van der Waals surface area contributed by atoms with Crippen molar-refractivity contribution < 1.29 is 0 Å². The highest BCUT2D eigenvalue weighted by Gasteiger charge is 1.89. The van der Waals surface area contributed by atoms with Gasteiger partial charge < -0.3 is 0 Å². The summed E-state index contributed by atoms with van der Waals surface area (Å²) in [6, 6.07) is 0.414. The summed E-state index contributed by atoms with van der Waals surface area (Å²) in [7, 11) is 0. The number of aliphatic imine (C=N–C) groups is 1. The summed E-state index contributed by atoms with van der Waals surface area (Å²) in [4.78, 5) is 4.12. The Hall–Kier alpha value is -0.590. The summed E-state index contributed by atoms with van der Waals surface area (Å²) >= 11 is 0. The van der Waals surface area contributed by atoms with E-state index in [0.717, 1.165) is 6.42 Å². The molecule has 0 bridgehead atoms. The van der Waals surface area contributed by atoms with Gasteiger partial charge in [0.1, 0.15) is 0 Å². The quantitative estimate of drug-likeness (QED) is 0.390. The van der Waals surface area contributed by atoms with Gasteiger partial charge in [0.15, 0.2) is 0 Å². The molecule has 0 N–H and O–H groups in total. The largest absolute Gasteiger partial charge is 0.294 e. The lowest BCUT2D eigenvalue weighted by Gasteiger charge is -1.97. The molecule has 1 nitrogen and oxygen atoms in total. The normalized spacial score (nSPS) is 14.2. The second-order valence-electron chi connectivity index (χ2n) is 1.78. The van der Waals surface area contributed by atoms with Gasteiger partial charge in [0, 0.05) is 0 Å². The molecule has 1 heteroatoms. The highest BCUT2D eigenvalue weighted by Crippen LogP contribution is 1.94. The molecule has 1 unspecified atom stereocenters. The average molecular weight is 111 g/mol. The summed E-state index contributed by atoms with van der Waals surface area (Å²) in [5.74, 6) is 0. The van der Waals surface area contributed by atoms with Crippen molar-refractivity contribution in [3.8, 4) is 0 Å². The lowest BCUT2D eigenvalue weighted by Crippen LogP contribution is -1.93. The third-order valence-corrected chi connectivity index (χ3v) is 0.911. The van der Waals surface area contributed by atoms with Crippen LogP contribution in [0.15, 0.2) is 17.6 Å². The first-order valence-electron chi connectivity index (χ1n) is 2.90. The average Bonchev–Trinajstić information content (AvgIpc) is 1.68. The van der Waals surface area contributed by atoms with E-state index < -0.39 is 0 Å². The van der Waals surface area contributed by atoms with Crippen molar-refractivity contribution in [1.29, 1.82) is 0 Å². The topological polar surface area (TPSA) is 12.4 Å². The lowest BCUT2D eigenvalue weighted by atomic mass is 10.2. The summed E-state index contributed by atoms with van der Waals surface area (Å²) in [6.07, 6.45) is 4.69. The molecule has 0 saturated heterocycles. The van der Waals surface area contributed by atoms with Gasteiger partial charge in [-0.25, -0.2) is 0 Å². The fourth-order valence-corrected chi connectivity index (χ4v) is 0.557. The van der Waals surface area contributed by atoms with Crippen LogP contribution in [0.5, 0.6) is 0 Å². The van der Waals surface area contributed by atoms with Crippen LogP contribution in [0.25, 0.3) is 0 Å². The molecule has 0 spiro atoms. The molecule has 0 aliphatic carbocycles. The van der Waals surface area contributed by atoms with E-state index in [2.05, 4.69) is 18.5 Å². The van der Waals surface area contributed by atoms with E-state index in [1.807, 2.05) is 19.2 Å². The summed E-state index contributed by atoms with van der Waals surface area (Å²) in [6.45, 7) is 7.61. The van der Waals surface area contributed by atoms with Gasteiger partial charge in [0.2, 0.25) is 0 Å². The predicted octanol–water partition coefficient (Wildman–Crippen LogP) is 2.04. The molecule has 0 radical (unpaired) electrons. The molecular weight excluding hydrogens is 98.1 g/mol. The van der Waals surface area contributed by atoms with Crippen LogP contribution in [-0.4, -0.2) is 12.3 Å². The van der Waals surface area contributed by atoms with Gasteiger partial charge in [-0.2, -0.15) is 0 Å². The third-order valence-electron chi connectivity index (χ3n) is 0.911. The Balaban J connectivity index is 3.31. The summed E-state index contributed by atoms with van der Waals surface area (Å²) in [5.41, 5.74) is 0. The molecule has 0 heterocycles. The third kappa shape index (κ3) is 3.59. The maximum Gasteiger partial charge on any atom is 0.0501 e. The number of hydrogen-bond acceptors (Lipinski definition) is 1. The van der Waals surface area contributed by atoms with E-state index in [-0.39, 0.29) is 0 Å². The molecular formula is C7H13N. The molecule has 0 aliphatic rings. The van der Waals surface area contributed by atoms with Gasteiger partial charge in [-0.3, -0.25) is 4.99 Å². The van der Waals surface area contributed by atoms with E-state index in [9.17, 15) is 0 Å². The van der Waals surface area contributed by atoms with Crippen LogP contribution in [0.4, 0.5) is 0 Å². The molecule has 0 amide bonds. The smallest absolute Gasteiger partial charge is 0.0501 e. The van der Waals surface area contributed by atoms with Crippen LogP contribution < -0.4 is 0 Å². The van der Waals surface area contributed by atoms with Crippen molar-refractivity contribution in [3.05, 3.63) is 12.7 Å². The molecule has 1 atom stereocenters. The maximum atomic E-state index is 4.12. The Bertz CT molecular complexity index is 84.4. The van der Waals surface area contributed by atoms with Gasteiger partial charge in [0.05, 0.1) is 6.04 Å². The van der Waals surface area contributed by atoms with Crippen LogP contribution in [0.2, 0.25) is 0 Å². The molecule has 0 fully saturated rings. The highest BCUT2D eigenvalue weighted by molar-refractivity contribution is 5.53. The minimum Gasteiger partial charge on any atom is -0.294 e. The minimum atomic E-state index is 0.414. The Morgan fingerprint density at radius 3 is 2.75 bits per heavy atom. The Morgan fingerprint density at radius 2 is 2.38 bits per heavy atom. The summed E-state index contributed by atoms with van der Waals surface area (Å²) in [5, 5.41) is 0. The minimum absolute atomic E-state index is 0.414. The first-order chi connectivity index (χ1) is 3.81. The van der Waals surface area contributed by atoms with Crippen molar-refractivity contribution in [1.82, 2.24) is 0 Å². The van der Waals surface area contributed by atoms with E-state index in [1.165, 1.54) is 0 Å². The molecule has 8 heavy (non-hydrogen) atoms. The standard InChI is InChI=1S/C7H13N/c1-4-6-7(3)8-5-2/h4-5,7H,1,6H2,2-3H3. The van der Waals surface area contributed by atoms with E-state index in [4.69, 9.17) is 0 Å². The first kappa shape index (κ1) is 7.41. The molecule has 46 valence electrons. The number of rotatable bonds is 3. The zero-order chi connectivity index (χ0) is 6.41. The van der Waals surface area contributed by atoms with Crippen molar-refractivity contribution in [2.45, 2.75) is 26.3 Å². The van der Waals surface area contributed by atoms with E-state index >= 15 is 0 Å². The van der Waals surface area contributed by atoms with Crippen LogP contribution in [-0.2, 0) is 0 Å². The zero-order valence-electron chi connectivity index (χ0n) is 5.59. The van der Waals surface area contributed by atoms with Crippen molar-refractivity contribution >= 4 is 6.21 Å². The second-order valence-corrected chi connectivity index (χ2v) is 1.78. The van der Waals surface area contributed by atoms with Crippen molar-refractivity contribution in [3.63, 3.8) is 0 Å². The maximum absolute atomic E-state index is 4.12. The van der Waals surface area contributed by atoms with Crippen LogP contribution in [0, 0.1) is 0 Å². The fraction of sp³-hybridized carbons (Fsp3) is 0.571. The van der Waals surface area contributed by atoms with Crippen LogP contribution in [0.1, 0.15) is 20.3 Å². The second kappa shape index (κ2) is 4.57. The molecule has 0 aromatic carbocycles. The van der Waals surface area contributed by atoms with Crippen molar-refractivity contribution in [2.24, 2.45) is 4.99 Å². The van der Waals surface area contributed by atoms with Gasteiger partial charge in [-0.1, -0.05) is 6.08 Å². The van der Waals surface area contributed by atoms with Gasteiger partial charge in [-0.05, 0) is 26.5 Å². The highest BCUT2D eigenvalue weighted by atomic mass is 14.7. The predicted molar refractivity (Wildman–Crippen MR) is 38.4 cm³/mol. The SMILES string of the molecule is C=CCC(C)N=CC. The van der Waals surface area contributed by atoms with E-state index in [1.54, 1.807) is 0 Å². The molecule has 0 saturated carbocycles. The van der Waals surface area contributed by atoms with Gasteiger partial charge in [-0.15, -0.1) is 6.58 Å². The monoisotopic (exact) mass is 111 g/mol. The Labute approximate surface area is 51.1 Å². The van der Waals surface area contributed by atoms with E-state index in [0.29, 0.717) is 6.04 Å². The van der Waals surface area contributed by atoms with Crippen LogP contribution >= 0.6 is 0 Å². The summed E-state index contributed by atoms with van der Waals surface area (Å²) < 4.78 is 0. The van der Waals surface area contributed by atoms with Gasteiger partial charge >= 0.3 is 0 Å². The fourth-order valence-electron chi connectivity index (χ4n) is 0.557. The lowest BCUT2D eigenvalue weighted by molar-refractivity contribution is 0.764. The Kier molecular flexibility index (Phi) is 4.23. The molecule has 0 rings (SSSR count). The molecule has 0 aromatic heterocycles. The zero-order valence-corrected chi connectivity index (χ0v) is 5.59. The Morgan fingerprint density at radius 1 is 1.75 bits per heavy atom. The molecule has 0 aromatic rings. The first-order valence-corrected chi connectivity index (χ1v) is 2.90. The van der Waals surface area contributed by atoms with Crippen LogP contribution in [0.3, 0.4) is 0 Å². The van der Waals surface area contributed by atoms with Gasteiger partial charge in [0.25, 0.3) is 0 Å². The number of hydrogen-bond donors (Lipinski definition) is 0. The van der Waals surface area contributed by atoms with Crippen molar-refractivity contribution in [2.75, 3.05) is 0 Å². The number of nitrogens with zero attached hydrogens (tertiary/aromatic N) is 1. The molecule has 0 aliphatic heterocycles.